The maximum absolute atomic E-state index is 4.82. The molecule has 0 saturated heterocycles. The Kier molecular flexibility index (Phi) is 5.15. The summed E-state index contributed by atoms with van der Waals surface area (Å²) in [7, 11) is 8.19. The fourth-order valence-electron chi connectivity index (χ4n) is 2.87. The Morgan fingerprint density at radius 2 is 1.29 bits per heavy atom. The van der Waals surface area contributed by atoms with E-state index in [0.29, 0.717) is 0 Å². The highest BCUT2D eigenvalue weighted by Crippen LogP contribution is 2.36. The number of hydrogen-bond acceptors (Lipinski definition) is 6. The minimum Gasteiger partial charge on any atom is -0.378 e. The normalized spacial score (nSPS) is 10.9. The van der Waals surface area contributed by atoms with Gasteiger partial charge in [0, 0.05) is 56.7 Å². The molecule has 4 rings (SSSR count). The number of hydrogen-bond donors (Lipinski definition) is 0. The molecule has 0 N–H and O–H groups in total. The standard InChI is InChI=1S/C22H22N4S2/c1-25(2)17-9-5-15(6-10-17)19-14-27-22(24-19)21-23-13-20(28-21)16-7-11-18(12-8-16)26(3)4/h5-14H,1-4H3. The molecule has 4 aromatic rings. The van der Waals surface area contributed by atoms with Gasteiger partial charge in [-0.05, 0) is 29.8 Å². The monoisotopic (exact) mass is 406 g/mol. The Bertz CT molecular complexity index is 973. The molecular formula is C22H22N4S2. The summed E-state index contributed by atoms with van der Waals surface area (Å²) in [4.78, 5) is 14.8. The predicted molar refractivity (Wildman–Crippen MR) is 123 cm³/mol. The second-order valence-corrected chi connectivity index (χ2v) is 8.84. The van der Waals surface area contributed by atoms with Crippen LogP contribution in [-0.4, -0.2) is 38.2 Å². The van der Waals surface area contributed by atoms with Crippen molar-refractivity contribution in [2.45, 2.75) is 0 Å². The van der Waals surface area contributed by atoms with Crippen LogP contribution in [0.25, 0.3) is 31.7 Å². The van der Waals surface area contributed by atoms with Gasteiger partial charge in [-0.1, -0.05) is 24.3 Å². The topological polar surface area (TPSA) is 32.3 Å². The first-order valence-corrected chi connectivity index (χ1v) is 10.7. The lowest BCUT2D eigenvalue weighted by atomic mass is 10.1. The summed E-state index contributed by atoms with van der Waals surface area (Å²) in [6.45, 7) is 0. The Hall–Kier alpha value is -2.70. The predicted octanol–water partition coefficient (Wildman–Crippen LogP) is 5.73. The van der Waals surface area contributed by atoms with Crippen LogP contribution in [0.15, 0.2) is 60.1 Å². The molecule has 2 aromatic heterocycles. The molecule has 6 heteroatoms. The molecule has 0 radical (unpaired) electrons. The van der Waals surface area contributed by atoms with Gasteiger partial charge in [0.15, 0.2) is 10.0 Å². The first kappa shape index (κ1) is 18.7. The van der Waals surface area contributed by atoms with E-state index in [2.05, 4.69) is 68.7 Å². The van der Waals surface area contributed by atoms with Gasteiger partial charge in [0.05, 0.1) is 10.6 Å². The Labute approximate surface area is 173 Å². The Morgan fingerprint density at radius 3 is 1.86 bits per heavy atom. The van der Waals surface area contributed by atoms with Gasteiger partial charge in [0.1, 0.15) is 0 Å². The van der Waals surface area contributed by atoms with E-state index in [9.17, 15) is 0 Å². The van der Waals surface area contributed by atoms with Crippen LogP contribution in [0.2, 0.25) is 0 Å². The zero-order valence-electron chi connectivity index (χ0n) is 16.4. The minimum atomic E-state index is 0.966. The van der Waals surface area contributed by atoms with Gasteiger partial charge in [0.2, 0.25) is 0 Å². The van der Waals surface area contributed by atoms with E-state index in [0.717, 1.165) is 26.1 Å². The van der Waals surface area contributed by atoms with Crippen LogP contribution >= 0.6 is 22.7 Å². The number of benzene rings is 2. The van der Waals surface area contributed by atoms with E-state index in [1.807, 2.05) is 34.4 Å². The van der Waals surface area contributed by atoms with Gasteiger partial charge in [-0.3, -0.25) is 0 Å². The molecule has 0 aliphatic carbocycles. The van der Waals surface area contributed by atoms with Gasteiger partial charge < -0.3 is 9.80 Å². The number of rotatable bonds is 5. The number of anilines is 2. The van der Waals surface area contributed by atoms with Crippen molar-refractivity contribution < 1.29 is 0 Å². The fourth-order valence-corrected chi connectivity index (χ4v) is 4.66. The van der Waals surface area contributed by atoms with E-state index < -0.39 is 0 Å². The van der Waals surface area contributed by atoms with Gasteiger partial charge in [-0.15, -0.1) is 22.7 Å². The largest absolute Gasteiger partial charge is 0.378 e. The summed E-state index contributed by atoms with van der Waals surface area (Å²) in [5.74, 6) is 0. The highest BCUT2D eigenvalue weighted by molar-refractivity contribution is 7.22. The number of aromatic nitrogens is 2. The summed E-state index contributed by atoms with van der Waals surface area (Å²) in [6, 6.07) is 17.0. The summed E-state index contributed by atoms with van der Waals surface area (Å²) in [5.41, 5.74) is 5.69. The molecule has 0 saturated carbocycles. The van der Waals surface area contributed by atoms with E-state index in [-0.39, 0.29) is 0 Å². The average Bonchev–Trinajstić information content (AvgIpc) is 3.38. The number of nitrogens with zero attached hydrogens (tertiary/aromatic N) is 4. The first-order valence-electron chi connectivity index (χ1n) is 8.98. The number of thiazole rings is 2. The summed E-state index contributed by atoms with van der Waals surface area (Å²) < 4.78 is 0. The molecule has 0 aliphatic heterocycles. The van der Waals surface area contributed by atoms with Crippen molar-refractivity contribution >= 4 is 34.0 Å². The molecule has 0 atom stereocenters. The van der Waals surface area contributed by atoms with Crippen molar-refractivity contribution in [1.82, 2.24) is 9.97 Å². The molecule has 0 spiro atoms. The molecule has 142 valence electrons. The molecule has 2 aromatic carbocycles. The van der Waals surface area contributed by atoms with Crippen LogP contribution in [0.5, 0.6) is 0 Å². The summed E-state index contributed by atoms with van der Waals surface area (Å²) in [6.07, 6.45) is 1.94. The van der Waals surface area contributed by atoms with Crippen LogP contribution in [-0.2, 0) is 0 Å². The Balaban J connectivity index is 1.56. The van der Waals surface area contributed by atoms with E-state index in [1.54, 1.807) is 22.7 Å². The van der Waals surface area contributed by atoms with Crippen molar-refractivity contribution in [3.8, 4) is 31.7 Å². The van der Waals surface area contributed by atoms with Gasteiger partial charge in [-0.2, -0.15) is 0 Å². The molecular weight excluding hydrogens is 384 g/mol. The third kappa shape index (κ3) is 3.79. The van der Waals surface area contributed by atoms with Crippen molar-refractivity contribution in [1.29, 1.82) is 0 Å². The van der Waals surface area contributed by atoms with Crippen molar-refractivity contribution in [3.63, 3.8) is 0 Å². The van der Waals surface area contributed by atoms with Crippen molar-refractivity contribution in [3.05, 3.63) is 60.1 Å². The zero-order chi connectivity index (χ0) is 19.7. The van der Waals surface area contributed by atoms with Crippen LogP contribution in [0.4, 0.5) is 11.4 Å². The van der Waals surface area contributed by atoms with Crippen molar-refractivity contribution in [2.24, 2.45) is 0 Å². The maximum Gasteiger partial charge on any atom is 0.152 e. The van der Waals surface area contributed by atoms with Gasteiger partial charge >= 0.3 is 0 Å². The molecule has 0 bridgehead atoms. The summed E-state index contributed by atoms with van der Waals surface area (Å²) >= 11 is 3.33. The minimum absolute atomic E-state index is 0.966. The fraction of sp³-hybridized carbons (Fsp3) is 0.182. The SMILES string of the molecule is CN(C)c1ccc(-c2csc(-c3ncc(-c4ccc(N(C)C)cc4)s3)n2)cc1. The third-order valence-electron chi connectivity index (χ3n) is 4.54. The molecule has 28 heavy (non-hydrogen) atoms. The highest BCUT2D eigenvalue weighted by Gasteiger charge is 2.12. The lowest BCUT2D eigenvalue weighted by Gasteiger charge is -2.12. The smallest absolute Gasteiger partial charge is 0.152 e. The molecule has 0 unspecified atom stereocenters. The van der Waals surface area contributed by atoms with Gasteiger partial charge in [0.25, 0.3) is 0 Å². The second kappa shape index (κ2) is 7.73. The van der Waals surface area contributed by atoms with Crippen LogP contribution < -0.4 is 9.80 Å². The lowest BCUT2D eigenvalue weighted by Crippen LogP contribution is -2.07. The van der Waals surface area contributed by atoms with E-state index in [1.165, 1.54) is 16.9 Å². The maximum atomic E-state index is 4.82. The van der Waals surface area contributed by atoms with Crippen LogP contribution in [0, 0.1) is 0 Å². The summed E-state index contributed by atoms with van der Waals surface area (Å²) in [5, 5.41) is 4.04. The van der Waals surface area contributed by atoms with Gasteiger partial charge in [-0.25, -0.2) is 9.97 Å². The van der Waals surface area contributed by atoms with E-state index >= 15 is 0 Å². The zero-order valence-corrected chi connectivity index (χ0v) is 18.0. The second-order valence-electron chi connectivity index (χ2n) is 6.95. The third-order valence-corrected chi connectivity index (χ3v) is 6.57. The molecule has 0 amide bonds. The molecule has 0 fully saturated rings. The van der Waals surface area contributed by atoms with E-state index in [4.69, 9.17) is 4.98 Å². The van der Waals surface area contributed by atoms with Crippen LogP contribution in [0.1, 0.15) is 0 Å². The molecule has 4 nitrogen and oxygen atoms in total. The quantitative estimate of drug-likeness (QED) is 0.423. The molecule has 2 heterocycles. The first-order chi connectivity index (χ1) is 13.5. The van der Waals surface area contributed by atoms with Crippen molar-refractivity contribution in [2.75, 3.05) is 38.0 Å². The average molecular weight is 407 g/mol. The highest BCUT2D eigenvalue weighted by atomic mass is 32.1. The molecule has 0 aliphatic rings. The Morgan fingerprint density at radius 1 is 0.714 bits per heavy atom. The van der Waals surface area contributed by atoms with Crippen LogP contribution in [0.3, 0.4) is 0 Å². The lowest BCUT2D eigenvalue weighted by molar-refractivity contribution is 1.13.